The molecule has 1 rings (SSSR count). The van der Waals surface area contributed by atoms with Gasteiger partial charge in [0.05, 0.1) is 4.90 Å². The van der Waals surface area contributed by atoms with Gasteiger partial charge >= 0.3 is 0 Å². The molecule has 18 heavy (non-hydrogen) atoms. The van der Waals surface area contributed by atoms with Gasteiger partial charge in [0.1, 0.15) is 0 Å². The van der Waals surface area contributed by atoms with Gasteiger partial charge in [-0.3, -0.25) is 0 Å². The van der Waals surface area contributed by atoms with Crippen molar-refractivity contribution in [3.8, 4) is 0 Å². The van der Waals surface area contributed by atoms with E-state index in [9.17, 15) is 8.42 Å². The largest absolute Gasteiger partial charge is 0.385 e. The maximum Gasteiger partial charge on any atom is 0.241 e. The average Bonchev–Trinajstić information content (AvgIpc) is 2.79. The zero-order valence-corrected chi connectivity index (χ0v) is 12.4. The van der Waals surface area contributed by atoms with Crippen molar-refractivity contribution < 1.29 is 13.2 Å². The monoisotopic (exact) mass is 292 g/mol. The van der Waals surface area contributed by atoms with E-state index in [4.69, 9.17) is 4.74 Å². The third kappa shape index (κ3) is 5.03. The number of nitrogens with one attached hydrogen (secondary N) is 2. The van der Waals surface area contributed by atoms with Crippen LogP contribution in [0.4, 0.5) is 0 Å². The zero-order chi connectivity index (χ0) is 13.4. The van der Waals surface area contributed by atoms with Crippen LogP contribution in [-0.2, 0) is 21.3 Å². The highest BCUT2D eigenvalue weighted by Gasteiger charge is 2.15. The Labute approximate surface area is 113 Å². The molecule has 0 saturated carbocycles. The Morgan fingerprint density at radius 2 is 2.17 bits per heavy atom. The first-order valence-corrected chi connectivity index (χ1v) is 8.17. The number of unbranched alkanes of at least 4 members (excludes halogenated alkanes) is 1. The van der Waals surface area contributed by atoms with Crippen LogP contribution >= 0.6 is 11.3 Å². The molecule has 0 unspecified atom stereocenters. The molecule has 0 bridgehead atoms. The minimum Gasteiger partial charge on any atom is -0.385 e. The van der Waals surface area contributed by atoms with Crippen molar-refractivity contribution in [2.45, 2.75) is 24.3 Å². The van der Waals surface area contributed by atoms with E-state index >= 15 is 0 Å². The molecule has 2 N–H and O–H groups in total. The zero-order valence-electron chi connectivity index (χ0n) is 10.7. The SMILES string of the molecule is CNCc1cc(S(=O)(=O)NCCCCOC)cs1. The maximum absolute atomic E-state index is 11.9. The fourth-order valence-electron chi connectivity index (χ4n) is 1.43. The Balaban J connectivity index is 2.46. The molecule has 0 aromatic carbocycles. The molecule has 0 atom stereocenters. The fraction of sp³-hybridized carbons (Fsp3) is 0.636. The first-order valence-electron chi connectivity index (χ1n) is 5.81. The van der Waals surface area contributed by atoms with Crippen LogP contribution in [0.2, 0.25) is 0 Å². The highest BCUT2D eigenvalue weighted by Crippen LogP contribution is 2.18. The van der Waals surface area contributed by atoms with Crippen molar-refractivity contribution in [3.05, 3.63) is 16.3 Å². The standard InChI is InChI=1S/C11H20N2O3S2/c1-12-8-10-7-11(9-17-10)18(14,15)13-5-3-4-6-16-2/h7,9,12-13H,3-6,8H2,1-2H3. The Morgan fingerprint density at radius 1 is 1.39 bits per heavy atom. The maximum atomic E-state index is 11.9. The van der Waals surface area contributed by atoms with E-state index in [1.54, 1.807) is 18.6 Å². The first kappa shape index (κ1) is 15.6. The Morgan fingerprint density at radius 3 is 2.83 bits per heavy atom. The molecule has 7 heteroatoms. The van der Waals surface area contributed by atoms with Gasteiger partial charge in [-0.05, 0) is 26.0 Å². The molecule has 0 aliphatic rings. The molecule has 5 nitrogen and oxygen atoms in total. The van der Waals surface area contributed by atoms with Gasteiger partial charge in [-0.15, -0.1) is 11.3 Å². The lowest BCUT2D eigenvalue weighted by Crippen LogP contribution is -2.24. The van der Waals surface area contributed by atoms with E-state index in [1.165, 1.54) is 11.3 Å². The molecule has 1 heterocycles. The smallest absolute Gasteiger partial charge is 0.241 e. The van der Waals surface area contributed by atoms with Gasteiger partial charge in [-0.1, -0.05) is 0 Å². The summed E-state index contributed by atoms with van der Waals surface area (Å²) in [4.78, 5) is 1.36. The lowest BCUT2D eigenvalue weighted by molar-refractivity contribution is 0.193. The molecule has 0 fully saturated rings. The number of sulfonamides is 1. The molecule has 0 aliphatic heterocycles. The minimum absolute atomic E-state index is 0.351. The van der Waals surface area contributed by atoms with Crippen molar-refractivity contribution >= 4 is 21.4 Å². The number of hydrogen-bond acceptors (Lipinski definition) is 5. The minimum atomic E-state index is -3.35. The summed E-state index contributed by atoms with van der Waals surface area (Å²) in [7, 11) is 0.120. The van der Waals surface area contributed by atoms with Crippen LogP contribution in [0.5, 0.6) is 0 Å². The lowest BCUT2D eigenvalue weighted by Gasteiger charge is -2.04. The first-order chi connectivity index (χ1) is 8.60. The Hall–Kier alpha value is -0.470. The van der Waals surface area contributed by atoms with Gasteiger partial charge in [-0.2, -0.15) is 0 Å². The van der Waals surface area contributed by atoms with Gasteiger partial charge in [0, 0.05) is 37.1 Å². The number of thiophene rings is 1. The summed E-state index contributed by atoms with van der Waals surface area (Å²) in [6, 6.07) is 1.71. The lowest BCUT2D eigenvalue weighted by atomic mass is 10.3. The molecule has 0 spiro atoms. The highest BCUT2D eigenvalue weighted by atomic mass is 32.2. The second kappa shape index (κ2) is 7.85. The van der Waals surface area contributed by atoms with Crippen LogP contribution in [-0.4, -0.2) is 35.7 Å². The molecule has 0 amide bonds. The summed E-state index contributed by atoms with van der Waals surface area (Å²) in [5.74, 6) is 0. The summed E-state index contributed by atoms with van der Waals surface area (Å²) in [5, 5.41) is 4.67. The van der Waals surface area contributed by atoms with Crippen LogP contribution in [0.1, 0.15) is 17.7 Å². The quantitative estimate of drug-likeness (QED) is 0.671. The van der Waals surface area contributed by atoms with Crippen molar-refractivity contribution in [2.24, 2.45) is 0 Å². The van der Waals surface area contributed by atoms with Gasteiger partial charge in [0.2, 0.25) is 10.0 Å². The van der Waals surface area contributed by atoms with Crippen LogP contribution in [0.15, 0.2) is 16.3 Å². The third-order valence-electron chi connectivity index (χ3n) is 2.36. The fourth-order valence-corrected chi connectivity index (χ4v) is 3.79. The molecule has 1 aromatic rings. The van der Waals surface area contributed by atoms with E-state index in [0.717, 1.165) is 17.7 Å². The van der Waals surface area contributed by atoms with Crippen LogP contribution in [0.3, 0.4) is 0 Å². The van der Waals surface area contributed by atoms with Gasteiger partial charge in [0.25, 0.3) is 0 Å². The average molecular weight is 292 g/mol. The molecular weight excluding hydrogens is 272 g/mol. The van der Waals surface area contributed by atoms with Crippen molar-refractivity contribution in [3.63, 3.8) is 0 Å². The molecule has 0 aliphatic carbocycles. The summed E-state index contributed by atoms with van der Waals surface area (Å²) in [6.45, 7) is 1.80. The summed E-state index contributed by atoms with van der Waals surface area (Å²) in [5.41, 5.74) is 0. The van der Waals surface area contributed by atoms with Crippen LogP contribution in [0, 0.1) is 0 Å². The van der Waals surface area contributed by atoms with Crippen molar-refractivity contribution in [1.29, 1.82) is 0 Å². The van der Waals surface area contributed by atoms with E-state index in [1.807, 2.05) is 7.05 Å². The second-order valence-electron chi connectivity index (χ2n) is 3.88. The number of rotatable bonds is 9. The van der Waals surface area contributed by atoms with Crippen LogP contribution in [0.25, 0.3) is 0 Å². The normalized spacial score (nSPS) is 11.9. The molecule has 1 aromatic heterocycles. The highest BCUT2D eigenvalue weighted by molar-refractivity contribution is 7.89. The van der Waals surface area contributed by atoms with E-state index in [2.05, 4.69) is 10.0 Å². The van der Waals surface area contributed by atoms with Crippen LogP contribution < -0.4 is 10.0 Å². The van der Waals surface area contributed by atoms with E-state index < -0.39 is 10.0 Å². The second-order valence-corrected chi connectivity index (χ2v) is 6.64. The summed E-state index contributed by atoms with van der Waals surface area (Å²) < 4.78 is 31.4. The number of ether oxygens (including phenoxy) is 1. The van der Waals surface area contributed by atoms with E-state index in [-0.39, 0.29) is 0 Å². The van der Waals surface area contributed by atoms with Gasteiger partial charge < -0.3 is 10.1 Å². The van der Waals surface area contributed by atoms with Crippen molar-refractivity contribution in [2.75, 3.05) is 27.3 Å². The topological polar surface area (TPSA) is 67.4 Å². The van der Waals surface area contributed by atoms with Crippen molar-refractivity contribution in [1.82, 2.24) is 10.0 Å². The van der Waals surface area contributed by atoms with E-state index in [0.29, 0.717) is 24.6 Å². The summed E-state index contributed by atoms with van der Waals surface area (Å²) in [6.07, 6.45) is 1.63. The molecular formula is C11H20N2O3S2. The van der Waals surface area contributed by atoms with Gasteiger partial charge in [0.15, 0.2) is 0 Å². The Bertz CT molecular complexity index is 443. The predicted molar refractivity (Wildman–Crippen MR) is 73.4 cm³/mol. The predicted octanol–water partition coefficient (Wildman–Crippen LogP) is 1.17. The molecule has 0 radical (unpaired) electrons. The number of hydrogen-bond donors (Lipinski definition) is 2. The van der Waals surface area contributed by atoms with Gasteiger partial charge in [-0.25, -0.2) is 13.1 Å². The number of methoxy groups -OCH3 is 1. The summed E-state index contributed by atoms with van der Waals surface area (Å²) >= 11 is 1.45. The Kier molecular flexibility index (Phi) is 6.80. The molecule has 0 saturated heterocycles. The third-order valence-corrected chi connectivity index (χ3v) is 4.88. The molecule has 104 valence electrons.